The van der Waals surface area contributed by atoms with E-state index in [0.717, 1.165) is 35.6 Å². The van der Waals surface area contributed by atoms with Gasteiger partial charge in [0.15, 0.2) is 5.78 Å². The van der Waals surface area contributed by atoms with Crippen LogP contribution in [0.1, 0.15) is 35.3 Å². The molecule has 4 heteroatoms. The summed E-state index contributed by atoms with van der Waals surface area (Å²) < 4.78 is 7.35. The lowest BCUT2D eigenvalue weighted by Gasteiger charge is -2.06. The molecule has 0 fully saturated rings. The molecular weight excluding hydrogens is 264 g/mol. The monoisotopic (exact) mass is 282 g/mol. The Morgan fingerprint density at radius 1 is 1.33 bits per heavy atom. The molecule has 0 aliphatic carbocycles. The second-order valence-corrected chi connectivity index (χ2v) is 5.21. The van der Waals surface area contributed by atoms with Gasteiger partial charge in [-0.05, 0) is 31.5 Å². The Labute approximate surface area is 123 Å². The fourth-order valence-corrected chi connectivity index (χ4v) is 2.57. The van der Waals surface area contributed by atoms with Crippen molar-refractivity contribution in [1.29, 1.82) is 0 Å². The number of para-hydroxylation sites is 2. The number of fused-ring (bicyclic) bond motifs is 1. The maximum absolute atomic E-state index is 12.3. The molecule has 3 aromatic rings. The molecule has 0 N–H and O–H groups in total. The fraction of sp³-hybridized carbons (Fsp3) is 0.294. The number of hydrogen-bond donors (Lipinski definition) is 0. The zero-order valence-corrected chi connectivity index (χ0v) is 12.3. The Morgan fingerprint density at radius 3 is 2.86 bits per heavy atom. The van der Waals surface area contributed by atoms with Crippen LogP contribution in [-0.4, -0.2) is 15.3 Å². The van der Waals surface area contributed by atoms with E-state index in [9.17, 15) is 4.79 Å². The zero-order valence-electron chi connectivity index (χ0n) is 12.3. The first-order valence-electron chi connectivity index (χ1n) is 7.21. The molecule has 0 aliphatic heterocycles. The number of aryl methyl sites for hydroxylation is 2. The molecule has 0 saturated heterocycles. The minimum atomic E-state index is 0.0412. The largest absolute Gasteiger partial charge is 0.469 e. The quantitative estimate of drug-likeness (QED) is 0.669. The average molecular weight is 282 g/mol. The van der Waals surface area contributed by atoms with Crippen molar-refractivity contribution in [1.82, 2.24) is 9.55 Å². The van der Waals surface area contributed by atoms with E-state index in [-0.39, 0.29) is 5.78 Å². The van der Waals surface area contributed by atoms with Gasteiger partial charge in [0.1, 0.15) is 17.8 Å². The van der Waals surface area contributed by atoms with Crippen LogP contribution in [0.4, 0.5) is 0 Å². The lowest BCUT2D eigenvalue weighted by Crippen LogP contribution is -2.10. The summed E-state index contributed by atoms with van der Waals surface area (Å²) in [5, 5.41) is 0. The van der Waals surface area contributed by atoms with Crippen LogP contribution in [0.2, 0.25) is 0 Å². The highest BCUT2D eigenvalue weighted by molar-refractivity contribution is 5.97. The Morgan fingerprint density at radius 2 is 2.14 bits per heavy atom. The van der Waals surface area contributed by atoms with E-state index in [1.54, 1.807) is 6.07 Å². The van der Waals surface area contributed by atoms with E-state index in [4.69, 9.17) is 4.42 Å². The molecule has 3 rings (SSSR count). The molecule has 0 radical (unpaired) electrons. The zero-order chi connectivity index (χ0) is 14.8. The number of rotatable bonds is 5. The van der Waals surface area contributed by atoms with E-state index in [1.807, 2.05) is 31.2 Å². The normalized spacial score (nSPS) is 11.1. The van der Waals surface area contributed by atoms with E-state index in [0.29, 0.717) is 12.0 Å². The Hall–Kier alpha value is -2.36. The number of Topliss-reactive ketones (excluding diaryl/α,β-unsaturated/α-hetero) is 1. The van der Waals surface area contributed by atoms with Crippen LogP contribution in [0.5, 0.6) is 0 Å². The number of hydrogen-bond acceptors (Lipinski definition) is 3. The molecule has 2 heterocycles. The summed E-state index contributed by atoms with van der Waals surface area (Å²) >= 11 is 0. The number of imidazole rings is 1. The smallest absolute Gasteiger partial charge is 0.173 e. The summed E-state index contributed by atoms with van der Waals surface area (Å²) in [5.74, 6) is 1.61. The first-order chi connectivity index (χ1) is 10.2. The number of aromatic nitrogens is 2. The summed E-state index contributed by atoms with van der Waals surface area (Å²) in [4.78, 5) is 17.0. The third-order valence-electron chi connectivity index (χ3n) is 3.55. The Kier molecular flexibility index (Phi) is 3.60. The lowest BCUT2D eigenvalue weighted by molar-refractivity contribution is 0.0989. The second kappa shape index (κ2) is 5.56. The summed E-state index contributed by atoms with van der Waals surface area (Å²) in [6.07, 6.45) is 2.82. The first kappa shape index (κ1) is 13.6. The number of benzene rings is 1. The van der Waals surface area contributed by atoms with Crippen molar-refractivity contribution in [2.45, 2.75) is 33.2 Å². The predicted molar refractivity (Wildman–Crippen MR) is 81.5 cm³/mol. The molecule has 108 valence electrons. The average Bonchev–Trinajstić information content (AvgIpc) is 3.04. The van der Waals surface area contributed by atoms with E-state index in [1.165, 1.54) is 6.26 Å². The standard InChI is InChI=1S/C17H18N2O2/c1-3-8-19-15-7-5-4-6-14(15)18-17(19)10-16(20)13-9-12(2)21-11-13/h4-7,9,11H,3,8,10H2,1-2H3. The number of furan rings is 1. The lowest BCUT2D eigenvalue weighted by atomic mass is 10.1. The van der Waals surface area contributed by atoms with Crippen LogP contribution in [0.3, 0.4) is 0 Å². The van der Waals surface area contributed by atoms with Crippen LogP contribution >= 0.6 is 0 Å². The molecule has 0 saturated carbocycles. The van der Waals surface area contributed by atoms with Crippen LogP contribution in [-0.2, 0) is 13.0 Å². The van der Waals surface area contributed by atoms with Crippen LogP contribution in [0, 0.1) is 6.92 Å². The molecule has 4 nitrogen and oxygen atoms in total. The Balaban J connectivity index is 1.96. The number of nitrogens with zero attached hydrogens (tertiary/aromatic N) is 2. The molecule has 1 aromatic carbocycles. The van der Waals surface area contributed by atoms with Gasteiger partial charge in [-0.3, -0.25) is 4.79 Å². The fourth-order valence-electron chi connectivity index (χ4n) is 2.57. The van der Waals surface area contributed by atoms with E-state index < -0.39 is 0 Å². The van der Waals surface area contributed by atoms with Crippen molar-refractivity contribution in [3.8, 4) is 0 Å². The van der Waals surface area contributed by atoms with Crippen molar-refractivity contribution in [2.24, 2.45) is 0 Å². The molecule has 2 aromatic heterocycles. The molecule has 0 amide bonds. The predicted octanol–water partition coefficient (Wildman–Crippen LogP) is 3.77. The topological polar surface area (TPSA) is 48.0 Å². The van der Waals surface area contributed by atoms with Crippen LogP contribution in [0.15, 0.2) is 41.0 Å². The van der Waals surface area contributed by atoms with Gasteiger partial charge in [-0.25, -0.2) is 4.98 Å². The number of carbonyl (C=O) groups is 1. The highest BCUT2D eigenvalue weighted by Gasteiger charge is 2.16. The Bertz CT molecular complexity index is 783. The summed E-state index contributed by atoms with van der Waals surface area (Å²) in [6, 6.07) is 9.78. The highest BCUT2D eigenvalue weighted by Crippen LogP contribution is 2.18. The van der Waals surface area contributed by atoms with Gasteiger partial charge in [0.2, 0.25) is 0 Å². The van der Waals surface area contributed by atoms with E-state index >= 15 is 0 Å². The van der Waals surface area contributed by atoms with Crippen molar-refractivity contribution in [3.05, 3.63) is 53.7 Å². The number of carbonyl (C=O) groups excluding carboxylic acids is 1. The minimum Gasteiger partial charge on any atom is -0.469 e. The second-order valence-electron chi connectivity index (χ2n) is 5.21. The highest BCUT2D eigenvalue weighted by atomic mass is 16.3. The first-order valence-corrected chi connectivity index (χ1v) is 7.21. The van der Waals surface area contributed by atoms with E-state index in [2.05, 4.69) is 16.5 Å². The molecule has 0 aliphatic rings. The van der Waals surface area contributed by atoms with Crippen molar-refractivity contribution in [3.63, 3.8) is 0 Å². The van der Waals surface area contributed by atoms with Gasteiger partial charge in [0.25, 0.3) is 0 Å². The van der Waals surface area contributed by atoms with Gasteiger partial charge in [-0.1, -0.05) is 19.1 Å². The third-order valence-corrected chi connectivity index (χ3v) is 3.55. The van der Waals surface area contributed by atoms with Crippen molar-refractivity contribution >= 4 is 16.8 Å². The van der Waals surface area contributed by atoms with Gasteiger partial charge >= 0.3 is 0 Å². The summed E-state index contributed by atoms with van der Waals surface area (Å²) in [6.45, 7) is 4.83. The van der Waals surface area contributed by atoms with Gasteiger partial charge < -0.3 is 8.98 Å². The van der Waals surface area contributed by atoms with Gasteiger partial charge in [0, 0.05) is 6.54 Å². The van der Waals surface area contributed by atoms with Gasteiger partial charge in [-0.15, -0.1) is 0 Å². The maximum atomic E-state index is 12.3. The molecule has 0 bridgehead atoms. The summed E-state index contributed by atoms with van der Waals surface area (Å²) in [7, 11) is 0. The molecule has 21 heavy (non-hydrogen) atoms. The SMILES string of the molecule is CCCn1c(CC(=O)c2coc(C)c2)nc2ccccc21. The molecule has 0 spiro atoms. The van der Waals surface area contributed by atoms with Gasteiger partial charge in [-0.2, -0.15) is 0 Å². The van der Waals surface area contributed by atoms with Gasteiger partial charge in [0.05, 0.1) is 23.0 Å². The van der Waals surface area contributed by atoms with Crippen molar-refractivity contribution in [2.75, 3.05) is 0 Å². The van der Waals surface area contributed by atoms with Crippen LogP contribution in [0.25, 0.3) is 11.0 Å². The van der Waals surface area contributed by atoms with Crippen molar-refractivity contribution < 1.29 is 9.21 Å². The maximum Gasteiger partial charge on any atom is 0.173 e. The molecule has 0 atom stereocenters. The molecular formula is C17H18N2O2. The van der Waals surface area contributed by atoms with Crippen LogP contribution < -0.4 is 0 Å². The third kappa shape index (κ3) is 2.61. The molecule has 0 unspecified atom stereocenters. The number of ketones is 1. The summed E-state index contributed by atoms with van der Waals surface area (Å²) in [5.41, 5.74) is 2.64. The minimum absolute atomic E-state index is 0.0412.